The summed E-state index contributed by atoms with van der Waals surface area (Å²) < 4.78 is 8.09. The number of likely N-dealkylation sites (tertiary alicyclic amines) is 1. The second-order valence-electron chi connectivity index (χ2n) is 15.0. The minimum absolute atomic E-state index is 0.0307. The van der Waals surface area contributed by atoms with Crippen LogP contribution < -0.4 is 25.2 Å². The Morgan fingerprint density at radius 2 is 1.76 bits per heavy atom. The van der Waals surface area contributed by atoms with Gasteiger partial charge in [0, 0.05) is 64.0 Å². The van der Waals surface area contributed by atoms with Crippen molar-refractivity contribution in [2.45, 2.75) is 76.0 Å². The largest absolute Gasteiger partial charge is 0.490 e. The quantitative estimate of drug-likeness (QED) is 0.238. The van der Waals surface area contributed by atoms with Crippen LogP contribution in [0.15, 0.2) is 48.8 Å². The van der Waals surface area contributed by atoms with E-state index in [1.165, 1.54) is 0 Å². The van der Waals surface area contributed by atoms with E-state index in [0.29, 0.717) is 34.5 Å². The number of halogens is 1. The smallest absolute Gasteiger partial charge is 0.328 e. The Hall–Kier alpha value is -5.33. The summed E-state index contributed by atoms with van der Waals surface area (Å²) in [4.78, 5) is 48.2. The van der Waals surface area contributed by atoms with E-state index in [0.717, 1.165) is 107 Å². The van der Waals surface area contributed by atoms with Crippen LogP contribution in [0.25, 0.3) is 11.0 Å². The second kappa shape index (κ2) is 16.2. The van der Waals surface area contributed by atoms with Gasteiger partial charge in [0.2, 0.25) is 5.91 Å². The highest BCUT2D eigenvalue weighted by atomic mass is 35.5. The zero-order valence-corrected chi connectivity index (χ0v) is 31.3. The highest BCUT2D eigenvalue weighted by Gasteiger charge is 2.30. The molecule has 0 bridgehead atoms. The molecule has 3 saturated heterocycles. The molecule has 2 N–H and O–H groups in total. The van der Waals surface area contributed by atoms with Gasteiger partial charge in [0.25, 0.3) is 5.91 Å². The van der Waals surface area contributed by atoms with Crippen molar-refractivity contribution in [1.82, 2.24) is 40.5 Å². The second-order valence-corrected chi connectivity index (χ2v) is 15.4. The fourth-order valence-corrected chi connectivity index (χ4v) is 8.55. The predicted molar refractivity (Wildman–Crippen MR) is 205 cm³/mol. The molecule has 4 aromatic rings. The third-order valence-electron chi connectivity index (χ3n) is 11.4. The van der Waals surface area contributed by atoms with E-state index in [1.807, 2.05) is 16.8 Å². The molecule has 55 heavy (non-hydrogen) atoms. The minimum atomic E-state index is -0.409. The first-order valence-electron chi connectivity index (χ1n) is 19.2. The lowest BCUT2D eigenvalue weighted by atomic mass is 9.92. The molecule has 3 aliphatic heterocycles. The third-order valence-corrected chi connectivity index (χ3v) is 11.7. The molecular formula is C39H44ClN11O4. The molecule has 4 aliphatic rings. The molecule has 0 radical (unpaired) electrons. The van der Waals surface area contributed by atoms with Gasteiger partial charge in [-0.05, 0) is 87.6 Å². The normalized spacial score (nSPS) is 21.7. The van der Waals surface area contributed by atoms with Crippen molar-refractivity contribution in [2.75, 3.05) is 49.1 Å². The summed E-state index contributed by atoms with van der Waals surface area (Å²) in [5.41, 5.74) is 2.23. The van der Waals surface area contributed by atoms with Crippen LogP contribution in [0.1, 0.15) is 79.9 Å². The van der Waals surface area contributed by atoms with Gasteiger partial charge in [0.05, 0.1) is 40.0 Å². The van der Waals surface area contributed by atoms with E-state index >= 15 is 0 Å². The van der Waals surface area contributed by atoms with E-state index in [4.69, 9.17) is 26.7 Å². The number of hydrogen-bond donors (Lipinski definition) is 2. The van der Waals surface area contributed by atoms with Crippen molar-refractivity contribution in [3.8, 4) is 11.8 Å². The first-order chi connectivity index (χ1) is 26.8. The van der Waals surface area contributed by atoms with Crippen molar-refractivity contribution in [3.05, 3.63) is 65.1 Å². The Kier molecular flexibility index (Phi) is 10.8. The number of pyridine rings is 1. The Morgan fingerprint density at radius 1 is 0.964 bits per heavy atom. The molecule has 4 fully saturated rings. The minimum Gasteiger partial charge on any atom is -0.490 e. The van der Waals surface area contributed by atoms with E-state index in [2.05, 4.69) is 41.7 Å². The SMILES string of the molecule is N#Cc1ccc(OC2CCC(NC(=O)c3ccc(N4CCC(CN5CCC(n6ncc7c(N8CCC(=O)NC8=O)ccnc76)CC5)CC4)nn3)CC2)cc1Cl. The number of ether oxygens (including phenoxy) is 1. The molecule has 0 spiro atoms. The predicted octanol–water partition coefficient (Wildman–Crippen LogP) is 4.87. The van der Waals surface area contributed by atoms with Crippen LogP contribution >= 0.6 is 11.6 Å². The number of fused-ring (bicyclic) bond motifs is 1. The van der Waals surface area contributed by atoms with E-state index in [9.17, 15) is 14.4 Å². The molecule has 1 aromatic carbocycles. The number of amides is 4. The maximum absolute atomic E-state index is 13.0. The van der Waals surface area contributed by atoms with Crippen LogP contribution in [-0.2, 0) is 4.79 Å². The molecule has 8 rings (SSSR count). The highest BCUT2D eigenvalue weighted by molar-refractivity contribution is 6.31. The van der Waals surface area contributed by atoms with Gasteiger partial charge in [-0.3, -0.25) is 19.8 Å². The average Bonchev–Trinajstić information content (AvgIpc) is 3.64. The Bertz CT molecular complexity index is 2080. The lowest BCUT2D eigenvalue weighted by Crippen LogP contribution is -2.49. The standard InChI is InChI=1S/C39H44ClN11O4/c40-32-21-30(4-1-26(32)22-41)55-29-5-2-27(3-6-29)44-38(53)33-7-8-35(47-46-33)49-18-10-25(11-19-49)24-48-16-12-28(13-17-48)51-37-31(23-43-51)34(9-15-42-37)50-20-14-36(52)45-39(50)54/h1,4,7-9,15,21,23,25,27-29H,2-3,5-6,10-14,16-20,24H2,(H,44,53)(H,45,52,54). The van der Waals surface area contributed by atoms with Crippen LogP contribution in [0.2, 0.25) is 5.02 Å². The first-order valence-corrected chi connectivity index (χ1v) is 19.6. The Morgan fingerprint density at radius 3 is 2.47 bits per heavy atom. The number of nitrogens with zero attached hydrogens (tertiary/aromatic N) is 9. The fourth-order valence-electron chi connectivity index (χ4n) is 8.34. The monoisotopic (exact) mass is 765 g/mol. The lowest BCUT2D eigenvalue weighted by Gasteiger charge is -2.38. The summed E-state index contributed by atoms with van der Waals surface area (Å²) in [7, 11) is 0. The summed E-state index contributed by atoms with van der Waals surface area (Å²) in [6, 6.07) is 12.5. The van der Waals surface area contributed by atoms with Gasteiger partial charge in [-0.2, -0.15) is 10.4 Å². The van der Waals surface area contributed by atoms with Crippen molar-refractivity contribution < 1.29 is 19.1 Å². The van der Waals surface area contributed by atoms with Gasteiger partial charge in [0.15, 0.2) is 17.2 Å². The number of benzene rings is 1. The van der Waals surface area contributed by atoms with Crippen molar-refractivity contribution in [2.24, 2.45) is 5.92 Å². The molecule has 6 heterocycles. The van der Waals surface area contributed by atoms with Gasteiger partial charge in [-0.25, -0.2) is 14.5 Å². The van der Waals surface area contributed by atoms with Gasteiger partial charge in [-0.15, -0.1) is 10.2 Å². The summed E-state index contributed by atoms with van der Waals surface area (Å²) in [6.45, 7) is 5.18. The zero-order valence-electron chi connectivity index (χ0n) is 30.6. The lowest BCUT2D eigenvalue weighted by molar-refractivity contribution is -0.120. The number of carbonyl (C=O) groups is 3. The van der Waals surface area contributed by atoms with E-state index in [1.54, 1.807) is 41.6 Å². The zero-order chi connectivity index (χ0) is 37.9. The summed E-state index contributed by atoms with van der Waals surface area (Å²) in [6.07, 6.45) is 11.1. The van der Waals surface area contributed by atoms with Gasteiger partial charge >= 0.3 is 6.03 Å². The number of hydrogen-bond acceptors (Lipinski definition) is 11. The average molecular weight is 766 g/mol. The molecule has 3 aromatic heterocycles. The topological polar surface area (TPSA) is 174 Å². The highest BCUT2D eigenvalue weighted by Crippen LogP contribution is 2.32. The third kappa shape index (κ3) is 8.20. The molecule has 4 amide bonds. The molecular weight excluding hydrogens is 722 g/mol. The van der Waals surface area contributed by atoms with Crippen LogP contribution in [0.4, 0.5) is 16.3 Å². The van der Waals surface area contributed by atoms with Crippen LogP contribution in [-0.4, -0.2) is 99.1 Å². The van der Waals surface area contributed by atoms with Gasteiger partial charge in [0.1, 0.15) is 11.8 Å². The van der Waals surface area contributed by atoms with Crippen LogP contribution in [0.5, 0.6) is 5.75 Å². The summed E-state index contributed by atoms with van der Waals surface area (Å²) in [5, 5.41) is 29.2. The summed E-state index contributed by atoms with van der Waals surface area (Å²) >= 11 is 6.15. The number of anilines is 2. The van der Waals surface area contributed by atoms with E-state index in [-0.39, 0.29) is 36.4 Å². The maximum atomic E-state index is 13.0. The number of nitriles is 1. The van der Waals surface area contributed by atoms with Crippen molar-refractivity contribution >= 4 is 52.0 Å². The summed E-state index contributed by atoms with van der Waals surface area (Å²) in [5.74, 6) is 1.58. The molecule has 15 nitrogen and oxygen atoms in total. The fraction of sp³-hybridized carbons (Fsp3) is 0.487. The first kappa shape index (κ1) is 36.6. The Balaban J connectivity index is 0.760. The van der Waals surface area contributed by atoms with Crippen LogP contribution in [0.3, 0.4) is 0 Å². The van der Waals surface area contributed by atoms with Crippen molar-refractivity contribution in [1.29, 1.82) is 5.26 Å². The number of rotatable bonds is 9. The number of carbonyl (C=O) groups excluding carboxylic acids is 3. The van der Waals surface area contributed by atoms with Crippen LogP contribution in [0, 0.1) is 17.2 Å². The number of urea groups is 1. The van der Waals surface area contributed by atoms with Gasteiger partial charge in [-0.1, -0.05) is 11.6 Å². The Labute approximate surface area is 324 Å². The molecule has 0 atom stereocenters. The molecule has 1 saturated carbocycles. The number of nitrogens with one attached hydrogen (secondary N) is 2. The molecule has 1 aliphatic carbocycles. The molecule has 0 unspecified atom stereocenters. The number of imide groups is 1. The molecule has 286 valence electrons. The number of piperidine rings is 2. The van der Waals surface area contributed by atoms with Gasteiger partial charge < -0.3 is 19.9 Å². The number of aromatic nitrogens is 5. The maximum Gasteiger partial charge on any atom is 0.328 e. The molecule has 16 heteroatoms. The van der Waals surface area contributed by atoms with Crippen molar-refractivity contribution in [3.63, 3.8) is 0 Å². The van der Waals surface area contributed by atoms with E-state index < -0.39 is 6.03 Å².